The van der Waals surface area contributed by atoms with Crippen molar-refractivity contribution in [3.8, 4) is 0 Å². The van der Waals surface area contributed by atoms with Crippen molar-refractivity contribution in [2.45, 2.75) is 57.1 Å². The molecule has 0 aromatic heterocycles. The Kier molecular flexibility index (Phi) is 4.99. The summed E-state index contributed by atoms with van der Waals surface area (Å²) < 4.78 is 5.48. The standard InChI is InChI=1S/C13H22N2O3/c16-12(7-6-10-4-3-9-18-10)15-11-5-1-2-8-14-13(11)17/h10-11H,1-9H2,(H,14,17)(H,15,16)/t10-,11-/m0/s1. The zero-order valence-corrected chi connectivity index (χ0v) is 10.7. The Labute approximate surface area is 108 Å². The summed E-state index contributed by atoms with van der Waals surface area (Å²) in [5.74, 6) is -0.0782. The van der Waals surface area contributed by atoms with Gasteiger partial charge < -0.3 is 15.4 Å². The molecule has 2 heterocycles. The number of amides is 2. The van der Waals surface area contributed by atoms with E-state index in [2.05, 4.69) is 10.6 Å². The van der Waals surface area contributed by atoms with Crippen LogP contribution in [0.2, 0.25) is 0 Å². The van der Waals surface area contributed by atoms with Gasteiger partial charge in [0, 0.05) is 19.6 Å². The second-order valence-corrected chi connectivity index (χ2v) is 5.08. The highest BCUT2D eigenvalue weighted by atomic mass is 16.5. The van der Waals surface area contributed by atoms with E-state index in [-0.39, 0.29) is 24.0 Å². The molecule has 0 bridgehead atoms. The molecule has 2 fully saturated rings. The van der Waals surface area contributed by atoms with Gasteiger partial charge in [-0.05, 0) is 38.5 Å². The second kappa shape index (κ2) is 6.73. The van der Waals surface area contributed by atoms with E-state index in [1.807, 2.05) is 0 Å². The number of ether oxygens (including phenoxy) is 1. The summed E-state index contributed by atoms with van der Waals surface area (Å²) in [7, 11) is 0. The number of carbonyl (C=O) groups excluding carboxylic acids is 2. The van der Waals surface area contributed by atoms with Gasteiger partial charge in [0.15, 0.2) is 0 Å². The number of nitrogens with one attached hydrogen (secondary N) is 2. The molecule has 5 heteroatoms. The first kappa shape index (κ1) is 13.3. The van der Waals surface area contributed by atoms with Gasteiger partial charge in [-0.2, -0.15) is 0 Å². The van der Waals surface area contributed by atoms with Crippen LogP contribution in [0.1, 0.15) is 44.9 Å². The molecule has 0 aromatic rings. The minimum Gasteiger partial charge on any atom is -0.378 e. The molecule has 2 N–H and O–H groups in total. The predicted molar refractivity (Wildman–Crippen MR) is 67.0 cm³/mol. The summed E-state index contributed by atoms with van der Waals surface area (Å²) in [6.07, 6.45) is 6.32. The van der Waals surface area contributed by atoms with Crippen LogP contribution in [-0.4, -0.2) is 37.1 Å². The van der Waals surface area contributed by atoms with Gasteiger partial charge in [-0.1, -0.05) is 0 Å². The van der Waals surface area contributed by atoms with E-state index in [1.54, 1.807) is 0 Å². The highest BCUT2D eigenvalue weighted by Gasteiger charge is 2.23. The molecule has 2 atom stereocenters. The fourth-order valence-electron chi connectivity index (χ4n) is 2.51. The van der Waals surface area contributed by atoms with Crippen molar-refractivity contribution >= 4 is 11.8 Å². The molecule has 102 valence electrons. The lowest BCUT2D eigenvalue weighted by Gasteiger charge is -2.16. The minimum absolute atomic E-state index is 0.0347. The first-order valence-corrected chi connectivity index (χ1v) is 6.94. The van der Waals surface area contributed by atoms with Crippen LogP contribution < -0.4 is 10.6 Å². The summed E-state index contributed by atoms with van der Waals surface area (Å²) in [5.41, 5.74) is 0. The average molecular weight is 254 g/mol. The van der Waals surface area contributed by atoms with E-state index < -0.39 is 0 Å². The van der Waals surface area contributed by atoms with Gasteiger partial charge in [0.25, 0.3) is 0 Å². The van der Waals surface area contributed by atoms with E-state index in [4.69, 9.17) is 4.74 Å². The van der Waals surface area contributed by atoms with E-state index in [0.717, 1.165) is 51.7 Å². The van der Waals surface area contributed by atoms with E-state index >= 15 is 0 Å². The van der Waals surface area contributed by atoms with Crippen LogP contribution in [0.3, 0.4) is 0 Å². The second-order valence-electron chi connectivity index (χ2n) is 5.08. The molecular weight excluding hydrogens is 232 g/mol. The van der Waals surface area contributed by atoms with Crippen LogP contribution in [-0.2, 0) is 14.3 Å². The lowest BCUT2D eigenvalue weighted by atomic mass is 10.1. The third-order valence-electron chi connectivity index (χ3n) is 3.59. The van der Waals surface area contributed by atoms with Gasteiger partial charge in [-0.3, -0.25) is 9.59 Å². The Morgan fingerprint density at radius 2 is 2.22 bits per heavy atom. The number of rotatable bonds is 4. The molecule has 0 radical (unpaired) electrons. The van der Waals surface area contributed by atoms with Crippen molar-refractivity contribution in [1.82, 2.24) is 10.6 Å². The largest absolute Gasteiger partial charge is 0.378 e. The van der Waals surface area contributed by atoms with Crippen LogP contribution in [0.15, 0.2) is 0 Å². The van der Waals surface area contributed by atoms with Crippen LogP contribution in [0, 0.1) is 0 Å². The maximum Gasteiger partial charge on any atom is 0.242 e. The first-order chi connectivity index (χ1) is 8.75. The Bertz CT molecular complexity index is 301. The van der Waals surface area contributed by atoms with E-state index in [1.165, 1.54) is 0 Å². The summed E-state index contributed by atoms with van der Waals surface area (Å²) >= 11 is 0. The molecule has 2 amide bonds. The third-order valence-corrected chi connectivity index (χ3v) is 3.59. The summed E-state index contributed by atoms with van der Waals surface area (Å²) in [5, 5.41) is 5.64. The fraction of sp³-hybridized carbons (Fsp3) is 0.846. The van der Waals surface area contributed by atoms with Crippen molar-refractivity contribution < 1.29 is 14.3 Å². The molecule has 0 spiro atoms. The highest BCUT2D eigenvalue weighted by molar-refractivity contribution is 5.87. The zero-order chi connectivity index (χ0) is 12.8. The SMILES string of the molecule is O=C(CC[C@@H]1CCCO1)N[C@H]1CCCCNC1=O. The van der Waals surface area contributed by atoms with Gasteiger partial charge >= 0.3 is 0 Å². The number of hydrogen-bond acceptors (Lipinski definition) is 3. The topological polar surface area (TPSA) is 67.4 Å². The molecule has 2 rings (SSSR count). The first-order valence-electron chi connectivity index (χ1n) is 6.94. The fourth-order valence-corrected chi connectivity index (χ4v) is 2.51. The lowest BCUT2D eigenvalue weighted by Crippen LogP contribution is -2.45. The van der Waals surface area contributed by atoms with Gasteiger partial charge in [0.05, 0.1) is 6.10 Å². The Morgan fingerprint density at radius 3 is 3.00 bits per heavy atom. The lowest BCUT2D eigenvalue weighted by molar-refractivity contribution is -0.129. The molecule has 0 saturated carbocycles. The maximum atomic E-state index is 11.8. The van der Waals surface area contributed by atoms with Crippen LogP contribution >= 0.6 is 0 Å². The average Bonchev–Trinajstić information content (AvgIpc) is 2.80. The third kappa shape index (κ3) is 3.98. The molecule has 2 saturated heterocycles. The molecule has 0 aromatic carbocycles. The Morgan fingerprint density at radius 1 is 1.33 bits per heavy atom. The quantitative estimate of drug-likeness (QED) is 0.777. The van der Waals surface area contributed by atoms with Gasteiger partial charge in [-0.15, -0.1) is 0 Å². The smallest absolute Gasteiger partial charge is 0.242 e. The Balaban J connectivity index is 1.70. The molecule has 2 aliphatic heterocycles. The molecule has 5 nitrogen and oxygen atoms in total. The minimum atomic E-state index is -0.343. The summed E-state index contributed by atoms with van der Waals surface area (Å²) in [4.78, 5) is 23.4. The molecule has 0 unspecified atom stereocenters. The van der Waals surface area contributed by atoms with Crippen molar-refractivity contribution in [1.29, 1.82) is 0 Å². The molecule has 0 aliphatic carbocycles. The van der Waals surface area contributed by atoms with Crippen molar-refractivity contribution in [2.75, 3.05) is 13.2 Å². The summed E-state index contributed by atoms with van der Waals surface area (Å²) in [6, 6.07) is -0.343. The molecule has 18 heavy (non-hydrogen) atoms. The van der Waals surface area contributed by atoms with Crippen molar-refractivity contribution in [3.63, 3.8) is 0 Å². The number of hydrogen-bond donors (Lipinski definition) is 2. The van der Waals surface area contributed by atoms with Crippen LogP contribution in [0.5, 0.6) is 0 Å². The van der Waals surface area contributed by atoms with Crippen LogP contribution in [0.25, 0.3) is 0 Å². The van der Waals surface area contributed by atoms with Gasteiger partial charge in [-0.25, -0.2) is 0 Å². The van der Waals surface area contributed by atoms with Gasteiger partial charge in [0.2, 0.25) is 11.8 Å². The summed E-state index contributed by atoms with van der Waals surface area (Å²) in [6.45, 7) is 1.54. The highest BCUT2D eigenvalue weighted by Crippen LogP contribution is 2.16. The van der Waals surface area contributed by atoms with Crippen LogP contribution in [0.4, 0.5) is 0 Å². The normalized spacial score (nSPS) is 28.6. The Hall–Kier alpha value is -1.10. The van der Waals surface area contributed by atoms with E-state index in [9.17, 15) is 9.59 Å². The monoisotopic (exact) mass is 254 g/mol. The van der Waals surface area contributed by atoms with E-state index in [0.29, 0.717) is 6.42 Å². The molecule has 2 aliphatic rings. The van der Waals surface area contributed by atoms with Gasteiger partial charge in [0.1, 0.15) is 6.04 Å². The number of carbonyl (C=O) groups is 2. The zero-order valence-electron chi connectivity index (χ0n) is 10.7. The van der Waals surface area contributed by atoms with Crippen molar-refractivity contribution in [3.05, 3.63) is 0 Å². The van der Waals surface area contributed by atoms with Crippen molar-refractivity contribution in [2.24, 2.45) is 0 Å². The predicted octanol–water partition coefficient (Wildman–Crippen LogP) is 0.730. The molecular formula is C13H22N2O3. The maximum absolute atomic E-state index is 11.8.